The van der Waals surface area contributed by atoms with Crippen LogP contribution in [0.25, 0.3) is 5.69 Å². The number of aromatic nitrogens is 2. The van der Waals surface area contributed by atoms with Gasteiger partial charge < -0.3 is 4.79 Å². The number of carbonyl (C=O) groups is 1. The van der Waals surface area contributed by atoms with Crippen LogP contribution in [0.1, 0.15) is 31.0 Å². The maximum atomic E-state index is 14.5. The average Bonchev–Trinajstić information content (AvgIpc) is 2.62. The van der Waals surface area contributed by atoms with Crippen molar-refractivity contribution in [2.45, 2.75) is 43.0 Å². The van der Waals surface area contributed by atoms with Crippen LogP contribution in [0.15, 0.2) is 26.6 Å². The van der Waals surface area contributed by atoms with Crippen molar-refractivity contribution < 1.29 is 22.4 Å². The Bertz CT molecular complexity index is 1030. The molecule has 0 saturated carbocycles. The minimum Gasteiger partial charge on any atom is -0.302 e. The molecule has 29 heavy (non-hydrogen) atoms. The smallest absolute Gasteiger partial charge is 0.302 e. The van der Waals surface area contributed by atoms with Gasteiger partial charge in [-0.2, -0.15) is 13.2 Å². The second-order valence-corrected chi connectivity index (χ2v) is 7.96. The molecule has 5 nitrogen and oxygen atoms in total. The Hall–Kier alpha value is -2.07. The molecule has 0 aliphatic heterocycles. The van der Waals surface area contributed by atoms with Crippen molar-refractivity contribution in [3.8, 4) is 5.69 Å². The molecule has 1 aromatic heterocycles. The third-order valence-electron chi connectivity index (χ3n) is 4.21. The van der Waals surface area contributed by atoms with Crippen LogP contribution in [0, 0.1) is 12.7 Å². The zero-order valence-corrected chi connectivity index (χ0v) is 17.2. The monoisotopic (exact) mass is 452 g/mol. The van der Waals surface area contributed by atoms with Gasteiger partial charge in [0, 0.05) is 17.5 Å². The Morgan fingerprint density at radius 2 is 1.90 bits per heavy atom. The van der Waals surface area contributed by atoms with E-state index >= 15 is 0 Å². The molecule has 0 N–H and O–H groups in total. The molecule has 11 heteroatoms. The highest BCUT2D eigenvalue weighted by atomic mass is 35.5. The Balaban J connectivity index is 2.76. The molecule has 0 radical (unpaired) electrons. The van der Waals surface area contributed by atoms with Crippen LogP contribution in [0.5, 0.6) is 0 Å². The highest BCUT2D eigenvalue weighted by molar-refractivity contribution is 8.00. The summed E-state index contributed by atoms with van der Waals surface area (Å²) in [6.45, 7) is 2.78. The third-order valence-corrected chi connectivity index (χ3v) is 5.87. The molecule has 0 aliphatic carbocycles. The number of benzene rings is 1. The molecule has 1 atom stereocenters. The first-order valence-electron chi connectivity index (χ1n) is 8.45. The topological polar surface area (TPSA) is 61.1 Å². The van der Waals surface area contributed by atoms with Crippen molar-refractivity contribution in [1.29, 1.82) is 0 Å². The first-order valence-corrected chi connectivity index (χ1v) is 9.70. The predicted octanol–water partition coefficient (Wildman–Crippen LogP) is 4.12. The Labute approximate surface area is 172 Å². The number of nitrogens with zero attached hydrogens (tertiary/aromatic N) is 2. The normalized spacial score (nSPS) is 12.8. The molecule has 0 saturated heterocycles. The molecular weight excluding hydrogens is 436 g/mol. The van der Waals surface area contributed by atoms with Gasteiger partial charge in [-0.15, -0.1) is 11.8 Å². The molecule has 1 aromatic carbocycles. The summed E-state index contributed by atoms with van der Waals surface area (Å²) in [7, 11) is 0.848. The van der Waals surface area contributed by atoms with Crippen molar-refractivity contribution in [3.63, 3.8) is 0 Å². The van der Waals surface area contributed by atoms with E-state index in [-0.39, 0.29) is 14.5 Å². The molecule has 0 spiro atoms. The summed E-state index contributed by atoms with van der Waals surface area (Å²) in [5.74, 6) is -1.06. The van der Waals surface area contributed by atoms with Gasteiger partial charge in [-0.1, -0.05) is 24.9 Å². The quantitative estimate of drug-likeness (QED) is 0.376. The van der Waals surface area contributed by atoms with Crippen molar-refractivity contribution >= 4 is 29.6 Å². The van der Waals surface area contributed by atoms with Gasteiger partial charge in [0.1, 0.15) is 17.8 Å². The molecule has 2 aromatic rings. The summed E-state index contributed by atoms with van der Waals surface area (Å²) >= 11 is 7.04. The van der Waals surface area contributed by atoms with Crippen LogP contribution in [0.3, 0.4) is 0 Å². The second-order valence-electron chi connectivity index (χ2n) is 6.27. The third kappa shape index (κ3) is 4.58. The van der Waals surface area contributed by atoms with Gasteiger partial charge in [0.25, 0.3) is 5.56 Å². The molecule has 0 fully saturated rings. The predicted molar refractivity (Wildman–Crippen MR) is 103 cm³/mol. The van der Waals surface area contributed by atoms with E-state index in [1.807, 2.05) is 6.92 Å². The number of thioether (sulfide) groups is 1. The van der Waals surface area contributed by atoms with Gasteiger partial charge in [-0.3, -0.25) is 9.36 Å². The van der Waals surface area contributed by atoms with Crippen molar-refractivity contribution in [2.75, 3.05) is 0 Å². The van der Waals surface area contributed by atoms with Crippen molar-refractivity contribution in [1.82, 2.24) is 9.13 Å². The highest BCUT2D eigenvalue weighted by Gasteiger charge is 2.38. The number of alkyl halides is 3. The summed E-state index contributed by atoms with van der Waals surface area (Å²) in [5, 5.41) is -0.544. The summed E-state index contributed by atoms with van der Waals surface area (Å²) in [6, 6.07) is 1.94. The molecular formula is C18H17ClF4N2O3S. The number of rotatable bonds is 6. The lowest BCUT2D eigenvalue weighted by Crippen LogP contribution is -2.43. The van der Waals surface area contributed by atoms with Gasteiger partial charge in [-0.05, 0) is 25.5 Å². The maximum Gasteiger partial charge on any atom is 0.432 e. The number of halogens is 5. The molecule has 0 amide bonds. The van der Waals surface area contributed by atoms with E-state index in [1.165, 1.54) is 0 Å². The Kier molecular flexibility index (Phi) is 7.00. The fraction of sp³-hybridized carbons (Fsp3) is 0.389. The number of aldehydes is 1. The van der Waals surface area contributed by atoms with Gasteiger partial charge >= 0.3 is 11.9 Å². The molecule has 1 heterocycles. The summed E-state index contributed by atoms with van der Waals surface area (Å²) in [4.78, 5) is 36.5. The zero-order valence-electron chi connectivity index (χ0n) is 15.6. The first-order chi connectivity index (χ1) is 13.4. The number of hydrogen-bond donors (Lipinski definition) is 0. The van der Waals surface area contributed by atoms with Gasteiger partial charge in [0.2, 0.25) is 0 Å². The fourth-order valence-corrected chi connectivity index (χ4v) is 4.22. The maximum absolute atomic E-state index is 14.5. The van der Waals surface area contributed by atoms with E-state index in [0.717, 1.165) is 37.9 Å². The SMILES string of the molecule is CCCC(C=O)Sc1cc(-n2c(=O)c(C)c(C(F)(F)F)n(C)c2=O)c(F)cc1Cl. The first kappa shape index (κ1) is 23.2. The van der Waals surface area contributed by atoms with Gasteiger partial charge in [-0.25, -0.2) is 13.8 Å². The molecule has 158 valence electrons. The minimum absolute atomic E-state index is 0.0484. The Morgan fingerprint density at radius 1 is 1.28 bits per heavy atom. The van der Waals surface area contributed by atoms with Gasteiger partial charge in [0.05, 0.1) is 16.0 Å². The van der Waals surface area contributed by atoms with Crippen LogP contribution < -0.4 is 11.2 Å². The highest BCUT2D eigenvalue weighted by Crippen LogP contribution is 2.34. The van der Waals surface area contributed by atoms with Crippen LogP contribution in [-0.4, -0.2) is 20.7 Å². The van der Waals surface area contributed by atoms with Gasteiger partial charge in [0.15, 0.2) is 0 Å². The van der Waals surface area contributed by atoms with Crippen LogP contribution in [-0.2, 0) is 18.0 Å². The molecule has 0 aliphatic rings. The van der Waals surface area contributed by atoms with Crippen LogP contribution in [0.4, 0.5) is 17.6 Å². The molecule has 0 bridgehead atoms. The molecule has 2 rings (SSSR count). The zero-order chi connectivity index (χ0) is 22.1. The number of carbonyl (C=O) groups excluding carboxylic acids is 1. The van der Waals surface area contributed by atoms with E-state index < -0.39 is 45.4 Å². The molecule has 1 unspecified atom stereocenters. The van der Waals surface area contributed by atoms with E-state index in [9.17, 15) is 31.9 Å². The van der Waals surface area contributed by atoms with E-state index in [4.69, 9.17) is 11.6 Å². The largest absolute Gasteiger partial charge is 0.432 e. The van der Waals surface area contributed by atoms with E-state index in [2.05, 4.69) is 0 Å². The summed E-state index contributed by atoms with van der Waals surface area (Å²) in [5.41, 5.74) is -5.35. The lowest BCUT2D eigenvalue weighted by Gasteiger charge is -2.18. The fourth-order valence-electron chi connectivity index (χ4n) is 2.85. The standard InChI is InChI=1S/C18H17ClF4N2O3S/c1-4-5-10(8-26)29-14-7-13(12(20)6-11(14)19)25-16(27)9(2)15(18(21,22)23)24(3)17(25)28/h6-8,10H,4-5H2,1-3H3. The Morgan fingerprint density at radius 3 is 2.41 bits per heavy atom. The second kappa shape index (κ2) is 8.74. The van der Waals surface area contributed by atoms with E-state index in [1.54, 1.807) is 0 Å². The lowest BCUT2D eigenvalue weighted by molar-refractivity contribution is -0.144. The van der Waals surface area contributed by atoms with E-state index in [0.29, 0.717) is 23.7 Å². The average molecular weight is 453 g/mol. The van der Waals surface area contributed by atoms with Crippen LogP contribution >= 0.6 is 23.4 Å². The minimum atomic E-state index is -4.94. The summed E-state index contributed by atoms with van der Waals surface area (Å²) in [6.07, 6.45) is -3.04. The summed E-state index contributed by atoms with van der Waals surface area (Å²) < 4.78 is 54.8. The van der Waals surface area contributed by atoms with Crippen molar-refractivity contribution in [2.24, 2.45) is 7.05 Å². The van der Waals surface area contributed by atoms with Crippen molar-refractivity contribution in [3.05, 3.63) is 55.1 Å². The lowest BCUT2D eigenvalue weighted by atomic mass is 10.2. The number of hydrogen-bond acceptors (Lipinski definition) is 4. The van der Waals surface area contributed by atoms with Crippen LogP contribution in [0.2, 0.25) is 5.02 Å².